The Morgan fingerprint density at radius 2 is 1.41 bits per heavy atom. The molecule has 0 fully saturated rings. The monoisotopic (exact) mass is 222 g/mol. The standard InChI is InChI=1S/C17H18/c1-2-7-17-15-10-5-3-8-13(15)12-14-9-4-6-11-16(14)17/h3-6,8-11,17H,2,7,12H2,1H3. The van der Waals surface area contributed by atoms with Gasteiger partial charge >= 0.3 is 0 Å². The van der Waals surface area contributed by atoms with Crippen LogP contribution in [0.25, 0.3) is 0 Å². The maximum atomic E-state index is 2.31. The summed E-state index contributed by atoms with van der Waals surface area (Å²) in [5.74, 6) is 0.612. The maximum Gasteiger partial charge on any atom is 0.00949 e. The molecule has 0 radical (unpaired) electrons. The van der Waals surface area contributed by atoms with E-state index in [2.05, 4.69) is 55.5 Å². The van der Waals surface area contributed by atoms with E-state index in [0.29, 0.717) is 5.92 Å². The fraction of sp³-hybridized carbons (Fsp3) is 0.294. The van der Waals surface area contributed by atoms with Crippen LogP contribution in [0.15, 0.2) is 48.5 Å². The van der Waals surface area contributed by atoms with Crippen molar-refractivity contribution in [3.05, 3.63) is 70.8 Å². The smallest absolute Gasteiger partial charge is 0.00949 e. The third-order valence-electron chi connectivity index (χ3n) is 3.82. The van der Waals surface area contributed by atoms with Gasteiger partial charge in [-0.05, 0) is 35.1 Å². The lowest BCUT2D eigenvalue weighted by molar-refractivity contribution is 0.674. The molecule has 0 nitrogen and oxygen atoms in total. The minimum atomic E-state index is 0.612. The van der Waals surface area contributed by atoms with E-state index in [1.54, 1.807) is 11.1 Å². The zero-order valence-corrected chi connectivity index (χ0v) is 10.3. The zero-order chi connectivity index (χ0) is 11.7. The molecule has 3 rings (SSSR count). The molecule has 2 aromatic carbocycles. The maximum absolute atomic E-state index is 2.31. The minimum absolute atomic E-state index is 0.612. The van der Waals surface area contributed by atoms with Gasteiger partial charge in [-0.25, -0.2) is 0 Å². The highest BCUT2D eigenvalue weighted by Crippen LogP contribution is 2.38. The van der Waals surface area contributed by atoms with E-state index in [1.165, 1.54) is 24.0 Å². The molecule has 0 saturated carbocycles. The average Bonchev–Trinajstić information content (AvgIpc) is 2.39. The molecule has 2 aromatic rings. The Balaban J connectivity index is 2.13. The van der Waals surface area contributed by atoms with Crippen LogP contribution in [-0.2, 0) is 6.42 Å². The highest BCUT2D eigenvalue weighted by molar-refractivity contribution is 5.48. The fourth-order valence-corrected chi connectivity index (χ4v) is 3.04. The molecule has 0 aromatic heterocycles. The summed E-state index contributed by atoms with van der Waals surface area (Å²) in [7, 11) is 0. The van der Waals surface area contributed by atoms with Gasteiger partial charge in [0.05, 0.1) is 0 Å². The first-order valence-corrected chi connectivity index (χ1v) is 6.55. The van der Waals surface area contributed by atoms with Crippen molar-refractivity contribution in [1.82, 2.24) is 0 Å². The summed E-state index contributed by atoms with van der Waals surface area (Å²) in [5.41, 5.74) is 6.13. The number of hydrogen-bond donors (Lipinski definition) is 0. The summed E-state index contributed by atoms with van der Waals surface area (Å²) >= 11 is 0. The highest BCUT2D eigenvalue weighted by atomic mass is 14.3. The van der Waals surface area contributed by atoms with Crippen LogP contribution in [0.5, 0.6) is 0 Å². The molecule has 0 unspecified atom stereocenters. The van der Waals surface area contributed by atoms with Gasteiger partial charge in [-0.3, -0.25) is 0 Å². The van der Waals surface area contributed by atoms with Crippen molar-refractivity contribution in [2.75, 3.05) is 0 Å². The van der Waals surface area contributed by atoms with E-state index in [1.807, 2.05) is 0 Å². The minimum Gasteiger partial charge on any atom is -0.0653 e. The Labute approximate surface area is 103 Å². The molecule has 1 aliphatic carbocycles. The van der Waals surface area contributed by atoms with Crippen LogP contribution in [0.2, 0.25) is 0 Å². The van der Waals surface area contributed by atoms with E-state index >= 15 is 0 Å². The molecule has 0 bridgehead atoms. The van der Waals surface area contributed by atoms with Gasteiger partial charge in [0, 0.05) is 5.92 Å². The van der Waals surface area contributed by atoms with E-state index in [-0.39, 0.29) is 0 Å². The number of rotatable bonds is 2. The van der Waals surface area contributed by atoms with Crippen molar-refractivity contribution < 1.29 is 0 Å². The van der Waals surface area contributed by atoms with E-state index < -0.39 is 0 Å². The zero-order valence-electron chi connectivity index (χ0n) is 10.3. The van der Waals surface area contributed by atoms with Crippen LogP contribution in [0, 0.1) is 0 Å². The summed E-state index contributed by atoms with van der Waals surface area (Å²) in [6.07, 6.45) is 3.61. The van der Waals surface area contributed by atoms with Crippen LogP contribution in [0.3, 0.4) is 0 Å². The van der Waals surface area contributed by atoms with Crippen molar-refractivity contribution in [1.29, 1.82) is 0 Å². The fourth-order valence-electron chi connectivity index (χ4n) is 3.04. The summed E-state index contributed by atoms with van der Waals surface area (Å²) in [6, 6.07) is 17.9. The molecule has 0 spiro atoms. The van der Waals surface area contributed by atoms with Crippen molar-refractivity contribution >= 4 is 0 Å². The number of fused-ring (bicyclic) bond motifs is 2. The third-order valence-corrected chi connectivity index (χ3v) is 3.82. The second-order valence-corrected chi connectivity index (χ2v) is 4.92. The van der Waals surface area contributed by atoms with Gasteiger partial charge in [-0.2, -0.15) is 0 Å². The normalized spacial score (nSPS) is 14.2. The lowest BCUT2D eigenvalue weighted by Gasteiger charge is -2.28. The first-order chi connectivity index (χ1) is 8.40. The quantitative estimate of drug-likeness (QED) is 0.700. The van der Waals surface area contributed by atoms with Crippen LogP contribution < -0.4 is 0 Å². The Kier molecular flexibility index (Phi) is 2.72. The van der Waals surface area contributed by atoms with E-state index in [0.717, 1.165) is 6.42 Å². The van der Waals surface area contributed by atoms with Gasteiger partial charge in [0.25, 0.3) is 0 Å². The third kappa shape index (κ3) is 1.78. The number of hydrogen-bond acceptors (Lipinski definition) is 0. The van der Waals surface area contributed by atoms with Crippen molar-refractivity contribution in [2.24, 2.45) is 0 Å². The van der Waals surface area contributed by atoms with Gasteiger partial charge in [-0.1, -0.05) is 61.9 Å². The van der Waals surface area contributed by atoms with E-state index in [4.69, 9.17) is 0 Å². The van der Waals surface area contributed by atoms with Gasteiger partial charge < -0.3 is 0 Å². The van der Waals surface area contributed by atoms with Crippen molar-refractivity contribution in [2.45, 2.75) is 32.1 Å². The summed E-state index contributed by atoms with van der Waals surface area (Å²) in [4.78, 5) is 0. The molecule has 17 heavy (non-hydrogen) atoms. The second kappa shape index (κ2) is 4.37. The number of benzene rings is 2. The Bertz CT molecular complexity index is 480. The molecule has 0 heteroatoms. The van der Waals surface area contributed by atoms with Gasteiger partial charge in [-0.15, -0.1) is 0 Å². The SMILES string of the molecule is CCCC1c2ccccc2Cc2ccccc21. The predicted molar refractivity (Wildman–Crippen MR) is 72.4 cm³/mol. The molecule has 0 heterocycles. The summed E-state index contributed by atoms with van der Waals surface area (Å²) in [6.45, 7) is 2.28. The van der Waals surface area contributed by atoms with E-state index in [9.17, 15) is 0 Å². The van der Waals surface area contributed by atoms with Gasteiger partial charge in [0.1, 0.15) is 0 Å². The van der Waals surface area contributed by atoms with Crippen LogP contribution in [-0.4, -0.2) is 0 Å². The predicted octanol–water partition coefficient (Wildman–Crippen LogP) is 4.52. The second-order valence-electron chi connectivity index (χ2n) is 4.92. The van der Waals surface area contributed by atoms with Gasteiger partial charge in [0.2, 0.25) is 0 Å². The van der Waals surface area contributed by atoms with Crippen LogP contribution in [0.1, 0.15) is 47.9 Å². The van der Waals surface area contributed by atoms with Crippen LogP contribution >= 0.6 is 0 Å². The molecule has 0 saturated heterocycles. The van der Waals surface area contributed by atoms with Crippen molar-refractivity contribution in [3.63, 3.8) is 0 Å². The van der Waals surface area contributed by atoms with Crippen molar-refractivity contribution in [3.8, 4) is 0 Å². The highest BCUT2D eigenvalue weighted by Gasteiger charge is 2.23. The molecular formula is C17H18. The molecule has 0 aliphatic heterocycles. The molecule has 0 N–H and O–H groups in total. The average molecular weight is 222 g/mol. The van der Waals surface area contributed by atoms with Crippen LogP contribution in [0.4, 0.5) is 0 Å². The Hall–Kier alpha value is -1.56. The molecule has 0 amide bonds. The Morgan fingerprint density at radius 1 is 0.882 bits per heavy atom. The summed E-state index contributed by atoms with van der Waals surface area (Å²) in [5, 5.41) is 0. The van der Waals surface area contributed by atoms with Gasteiger partial charge in [0.15, 0.2) is 0 Å². The Morgan fingerprint density at radius 3 is 1.94 bits per heavy atom. The largest absolute Gasteiger partial charge is 0.0653 e. The topological polar surface area (TPSA) is 0 Å². The first kappa shape index (κ1) is 10.6. The molecular weight excluding hydrogens is 204 g/mol. The summed E-state index contributed by atoms with van der Waals surface area (Å²) < 4.78 is 0. The molecule has 1 aliphatic rings. The lowest BCUT2D eigenvalue weighted by atomic mass is 9.76. The lowest BCUT2D eigenvalue weighted by Crippen LogP contribution is -2.13. The molecule has 0 atom stereocenters. The first-order valence-electron chi connectivity index (χ1n) is 6.55. The molecule has 86 valence electrons.